The van der Waals surface area contributed by atoms with Gasteiger partial charge in [-0.2, -0.15) is 0 Å². The van der Waals surface area contributed by atoms with Gasteiger partial charge < -0.3 is 14.4 Å². The molecule has 5 nitrogen and oxygen atoms in total. The van der Waals surface area contributed by atoms with Crippen molar-refractivity contribution in [2.24, 2.45) is 5.92 Å². The highest BCUT2D eigenvalue weighted by atomic mass is 16.5. The van der Waals surface area contributed by atoms with E-state index in [1.165, 1.54) is 12.8 Å². The van der Waals surface area contributed by atoms with Crippen LogP contribution in [-0.4, -0.2) is 48.2 Å². The Kier molecular flexibility index (Phi) is 5.16. The fourth-order valence-corrected chi connectivity index (χ4v) is 3.19. The van der Waals surface area contributed by atoms with Crippen LogP contribution in [0.4, 0.5) is 0 Å². The van der Waals surface area contributed by atoms with Crippen LogP contribution in [0.15, 0.2) is 18.3 Å². The molecule has 1 saturated carbocycles. The third kappa shape index (κ3) is 4.02. The summed E-state index contributed by atoms with van der Waals surface area (Å²) in [6.07, 6.45) is 7.80. The number of pyridine rings is 1. The normalized spacial score (nSPS) is 24.5. The molecule has 2 atom stereocenters. The Morgan fingerprint density at radius 1 is 1.43 bits per heavy atom. The van der Waals surface area contributed by atoms with Crippen molar-refractivity contribution in [1.82, 2.24) is 9.88 Å². The van der Waals surface area contributed by atoms with Crippen molar-refractivity contribution in [3.8, 4) is 5.88 Å². The van der Waals surface area contributed by atoms with E-state index in [1.54, 1.807) is 25.4 Å². The van der Waals surface area contributed by atoms with E-state index in [0.717, 1.165) is 19.3 Å². The predicted molar refractivity (Wildman–Crippen MR) is 87.6 cm³/mol. The molecule has 0 unspecified atom stereocenters. The van der Waals surface area contributed by atoms with Gasteiger partial charge >= 0.3 is 0 Å². The zero-order chi connectivity index (χ0) is 16.2. The number of nitrogens with zero attached hydrogens (tertiary/aromatic N) is 2. The molecule has 1 saturated heterocycles. The zero-order valence-electron chi connectivity index (χ0n) is 14.0. The molecule has 2 heterocycles. The van der Waals surface area contributed by atoms with E-state index in [0.29, 0.717) is 30.5 Å². The fraction of sp³-hybridized carbons (Fsp3) is 0.667. The molecule has 0 spiro atoms. The maximum Gasteiger partial charge on any atom is 0.254 e. The second-order valence-corrected chi connectivity index (χ2v) is 6.57. The number of carbonyl (C=O) groups is 1. The Hall–Kier alpha value is -1.62. The van der Waals surface area contributed by atoms with E-state index >= 15 is 0 Å². The van der Waals surface area contributed by atoms with Gasteiger partial charge in [0.25, 0.3) is 5.91 Å². The van der Waals surface area contributed by atoms with Gasteiger partial charge in [-0.15, -0.1) is 0 Å². The van der Waals surface area contributed by atoms with Gasteiger partial charge in [0.1, 0.15) is 0 Å². The molecule has 0 aromatic carbocycles. The van der Waals surface area contributed by atoms with E-state index in [4.69, 9.17) is 9.47 Å². The lowest BCUT2D eigenvalue weighted by atomic mass is 10.1. The predicted octanol–water partition coefficient (Wildman–Crippen LogP) is 2.90. The van der Waals surface area contributed by atoms with Crippen molar-refractivity contribution in [1.29, 1.82) is 0 Å². The lowest BCUT2D eigenvalue weighted by molar-refractivity contribution is -0.0874. The maximum atomic E-state index is 12.9. The number of ether oxygens (including phenoxy) is 2. The van der Waals surface area contributed by atoms with Crippen molar-refractivity contribution in [2.45, 2.75) is 51.2 Å². The highest BCUT2D eigenvalue weighted by Gasteiger charge is 2.39. The Bertz CT molecular complexity index is 545. The number of aromatic nitrogens is 1. The third-order valence-corrected chi connectivity index (χ3v) is 4.70. The fourth-order valence-electron chi connectivity index (χ4n) is 3.19. The monoisotopic (exact) mass is 318 g/mol. The second kappa shape index (κ2) is 7.30. The lowest BCUT2D eigenvalue weighted by Gasteiger charge is -2.38. The highest BCUT2D eigenvalue weighted by Crippen LogP contribution is 2.37. The average molecular weight is 318 g/mol. The molecular formula is C18H26N2O3. The summed E-state index contributed by atoms with van der Waals surface area (Å²) in [6, 6.07) is 3.47. The topological polar surface area (TPSA) is 51.7 Å². The number of rotatable bonds is 6. The van der Waals surface area contributed by atoms with E-state index in [1.807, 2.05) is 4.90 Å². The van der Waals surface area contributed by atoms with E-state index < -0.39 is 0 Å². The first-order valence-electron chi connectivity index (χ1n) is 8.66. The Morgan fingerprint density at radius 3 is 2.96 bits per heavy atom. The number of hydrogen-bond donors (Lipinski definition) is 0. The number of hydrogen-bond acceptors (Lipinski definition) is 4. The molecule has 2 fully saturated rings. The minimum Gasteiger partial charge on any atom is -0.481 e. The zero-order valence-corrected chi connectivity index (χ0v) is 14.0. The minimum absolute atomic E-state index is 0.0566. The van der Waals surface area contributed by atoms with Gasteiger partial charge in [-0.1, -0.05) is 19.8 Å². The first kappa shape index (κ1) is 16.2. The van der Waals surface area contributed by atoms with Crippen molar-refractivity contribution >= 4 is 5.91 Å². The summed E-state index contributed by atoms with van der Waals surface area (Å²) in [5.41, 5.74) is 0.641. The first-order valence-corrected chi connectivity index (χ1v) is 8.66. The summed E-state index contributed by atoms with van der Waals surface area (Å²) in [5, 5.41) is 0. The van der Waals surface area contributed by atoms with Crippen LogP contribution in [0.2, 0.25) is 0 Å². The van der Waals surface area contributed by atoms with Crippen LogP contribution in [0.5, 0.6) is 5.88 Å². The first-order chi connectivity index (χ1) is 11.2. The SMILES string of the molecule is CCCC[C@@H]1CN(C(=O)c2ccnc(OC)c2)C[C@H](C2CC2)O1. The summed E-state index contributed by atoms with van der Waals surface area (Å²) in [4.78, 5) is 18.9. The largest absolute Gasteiger partial charge is 0.481 e. The average Bonchev–Trinajstić information content (AvgIpc) is 3.44. The number of methoxy groups -OCH3 is 1. The van der Waals surface area contributed by atoms with Crippen LogP contribution < -0.4 is 4.74 Å². The summed E-state index contributed by atoms with van der Waals surface area (Å²) in [5.74, 6) is 1.17. The molecule has 1 aliphatic carbocycles. The quantitative estimate of drug-likeness (QED) is 0.809. The Labute approximate surface area is 138 Å². The number of amides is 1. The minimum atomic E-state index is 0.0566. The van der Waals surface area contributed by atoms with Crippen LogP contribution in [0, 0.1) is 5.92 Å². The standard InChI is InChI=1S/C18H26N2O3/c1-3-4-5-15-11-20(12-16(23-15)13-6-7-13)18(21)14-8-9-19-17(10-14)22-2/h8-10,13,15-16H,3-7,11-12H2,1-2H3/t15-,16-/m1/s1. The number of carbonyl (C=O) groups excluding carboxylic acids is 1. The third-order valence-electron chi connectivity index (χ3n) is 4.70. The smallest absolute Gasteiger partial charge is 0.254 e. The molecule has 0 bridgehead atoms. The molecule has 1 aromatic rings. The summed E-state index contributed by atoms with van der Waals surface area (Å²) in [7, 11) is 1.56. The lowest BCUT2D eigenvalue weighted by Crippen LogP contribution is -2.50. The van der Waals surface area contributed by atoms with Gasteiger partial charge in [0, 0.05) is 30.9 Å². The molecule has 23 heavy (non-hydrogen) atoms. The summed E-state index contributed by atoms with van der Waals surface area (Å²) in [6.45, 7) is 3.58. The Balaban J connectivity index is 1.71. The number of morpholine rings is 1. The molecule has 5 heteroatoms. The van der Waals surface area contributed by atoms with Gasteiger partial charge in [-0.05, 0) is 31.2 Å². The van der Waals surface area contributed by atoms with Crippen molar-refractivity contribution in [2.75, 3.05) is 20.2 Å². The van der Waals surface area contributed by atoms with Gasteiger partial charge in [0.15, 0.2) is 0 Å². The van der Waals surface area contributed by atoms with Crippen LogP contribution in [-0.2, 0) is 4.74 Å². The molecule has 126 valence electrons. The molecule has 3 rings (SSSR count). The van der Waals surface area contributed by atoms with Gasteiger partial charge in [-0.25, -0.2) is 4.98 Å². The van der Waals surface area contributed by atoms with Crippen LogP contribution in [0.1, 0.15) is 49.4 Å². The summed E-state index contributed by atoms with van der Waals surface area (Å²) < 4.78 is 11.4. The maximum absolute atomic E-state index is 12.9. The molecule has 0 radical (unpaired) electrons. The van der Waals surface area contributed by atoms with Crippen LogP contribution in [0.25, 0.3) is 0 Å². The van der Waals surface area contributed by atoms with Gasteiger partial charge in [0.2, 0.25) is 5.88 Å². The van der Waals surface area contributed by atoms with Gasteiger partial charge in [0.05, 0.1) is 19.3 Å². The van der Waals surface area contributed by atoms with E-state index in [9.17, 15) is 4.79 Å². The van der Waals surface area contributed by atoms with Crippen LogP contribution >= 0.6 is 0 Å². The van der Waals surface area contributed by atoms with Crippen molar-refractivity contribution in [3.05, 3.63) is 23.9 Å². The summed E-state index contributed by atoms with van der Waals surface area (Å²) >= 11 is 0. The molecule has 1 aliphatic heterocycles. The van der Waals surface area contributed by atoms with E-state index in [2.05, 4.69) is 11.9 Å². The molecule has 0 N–H and O–H groups in total. The van der Waals surface area contributed by atoms with Crippen molar-refractivity contribution in [3.63, 3.8) is 0 Å². The van der Waals surface area contributed by atoms with Crippen LogP contribution in [0.3, 0.4) is 0 Å². The molecule has 2 aliphatic rings. The van der Waals surface area contributed by atoms with E-state index in [-0.39, 0.29) is 18.1 Å². The second-order valence-electron chi connectivity index (χ2n) is 6.57. The van der Waals surface area contributed by atoms with Crippen molar-refractivity contribution < 1.29 is 14.3 Å². The highest BCUT2D eigenvalue weighted by molar-refractivity contribution is 5.94. The molecule has 1 aromatic heterocycles. The van der Waals surface area contributed by atoms with Gasteiger partial charge in [-0.3, -0.25) is 4.79 Å². The number of unbranched alkanes of at least 4 members (excludes halogenated alkanes) is 1. The molecule has 1 amide bonds. The molecular weight excluding hydrogens is 292 g/mol. The Morgan fingerprint density at radius 2 is 2.26 bits per heavy atom.